The first-order valence-corrected chi connectivity index (χ1v) is 8.04. The molecule has 0 unspecified atom stereocenters. The molecule has 0 heterocycles. The third-order valence-corrected chi connectivity index (χ3v) is 5.06. The van der Waals surface area contributed by atoms with E-state index in [4.69, 9.17) is 9.47 Å². The number of rotatable bonds is 2. The van der Waals surface area contributed by atoms with Gasteiger partial charge in [-0.1, -0.05) is 12.1 Å². The molecule has 2 atom stereocenters. The van der Waals surface area contributed by atoms with Crippen LogP contribution < -0.4 is 0 Å². The zero-order chi connectivity index (χ0) is 18.6. The molecule has 2 bridgehead atoms. The molecule has 132 valence electrons. The molecule has 0 fully saturated rings. The van der Waals surface area contributed by atoms with E-state index in [1.807, 2.05) is 0 Å². The first-order valence-electron chi connectivity index (χ1n) is 8.04. The Morgan fingerprint density at radius 1 is 0.731 bits per heavy atom. The standard InChI is InChI=1S/C20H16O6/c1-25-19(23)17-15-11-5-3-10(22)8-14(11)16(18(17)20(24)26-2)12-6-4-9(21)7-13(12)15/h3-8,15-16,21-22H,1-2H3/t15-,16-/m1/s1. The number of ether oxygens (including phenoxy) is 2. The Hall–Kier alpha value is -3.28. The van der Waals surface area contributed by atoms with E-state index in [-0.39, 0.29) is 22.6 Å². The van der Waals surface area contributed by atoms with E-state index in [0.717, 1.165) is 22.3 Å². The van der Waals surface area contributed by atoms with Crippen molar-refractivity contribution in [3.05, 3.63) is 69.8 Å². The maximum absolute atomic E-state index is 12.6. The number of aromatic hydroxyl groups is 2. The lowest BCUT2D eigenvalue weighted by Gasteiger charge is -2.41. The SMILES string of the molecule is COC(=O)C1=C(C(=O)OC)[C@@H]2c3ccc(O)cc3[C@H]1c1ccc(O)cc12. The largest absolute Gasteiger partial charge is 0.508 e. The summed E-state index contributed by atoms with van der Waals surface area (Å²) < 4.78 is 9.87. The summed E-state index contributed by atoms with van der Waals surface area (Å²) in [7, 11) is 2.52. The molecule has 0 amide bonds. The van der Waals surface area contributed by atoms with E-state index in [9.17, 15) is 19.8 Å². The number of carbonyl (C=O) groups excluding carboxylic acids is 2. The molecule has 3 aliphatic rings. The summed E-state index contributed by atoms with van der Waals surface area (Å²) in [6.45, 7) is 0. The fourth-order valence-corrected chi connectivity index (χ4v) is 4.09. The van der Waals surface area contributed by atoms with Crippen LogP contribution in [0.3, 0.4) is 0 Å². The zero-order valence-corrected chi connectivity index (χ0v) is 14.1. The molecule has 0 saturated heterocycles. The lowest BCUT2D eigenvalue weighted by Crippen LogP contribution is -2.34. The van der Waals surface area contributed by atoms with Gasteiger partial charge in [-0.25, -0.2) is 9.59 Å². The van der Waals surface area contributed by atoms with Crippen LogP contribution >= 0.6 is 0 Å². The predicted molar refractivity (Wildman–Crippen MR) is 91.0 cm³/mol. The van der Waals surface area contributed by atoms with Gasteiger partial charge in [0.05, 0.1) is 25.4 Å². The van der Waals surface area contributed by atoms with Gasteiger partial charge in [0.2, 0.25) is 0 Å². The topological polar surface area (TPSA) is 93.1 Å². The summed E-state index contributed by atoms with van der Waals surface area (Å²) in [6, 6.07) is 9.72. The van der Waals surface area contributed by atoms with E-state index in [2.05, 4.69) is 0 Å². The molecule has 0 aromatic heterocycles. The van der Waals surface area contributed by atoms with Crippen LogP contribution in [0.5, 0.6) is 11.5 Å². The van der Waals surface area contributed by atoms with Gasteiger partial charge in [-0.15, -0.1) is 0 Å². The zero-order valence-electron chi connectivity index (χ0n) is 14.1. The van der Waals surface area contributed by atoms with Crippen molar-refractivity contribution >= 4 is 11.9 Å². The van der Waals surface area contributed by atoms with Crippen molar-refractivity contribution in [2.45, 2.75) is 11.8 Å². The minimum atomic E-state index is -0.617. The number of carbonyl (C=O) groups is 2. The number of esters is 2. The number of methoxy groups -OCH3 is 2. The summed E-state index contributed by atoms with van der Waals surface area (Å²) in [5.41, 5.74) is 3.47. The number of hydrogen-bond donors (Lipinski definition) is 2. The fraction of sp³-hybridized carbons (Fsp3) is 0.200. The molecule has 2 N–H and O–H groups in total. The third kappa shape index (κ3) is 2.05. The highest BCUT2D eigenvalue weighted by Gasteiger charge is 2.48. The summed E-state index contributed by atoms with van der Waals surface area (Å²) in [5, 5.41) is 19.9. The first-order chi connectivity index (χ1) is 12.5. The van der Waals surface area contributed by atoms with Crippen molar-refractivity contribution in [1.29, 1.82) is 0 Å². The molecule has 2 aromatic carbocycles. The van der Waals surface area contributed by atoms with Gasteiger partial charge < -0.3 is 19.7 Å². The molecule has 6 nitrogen and oxygen atoms in total. The molecule has 3 aliphatic carbocycles. The number of phenolic OH excluding ortho intramolecular Hbond substituents is 2. The van der Waals surface area contributed by atoms with Gasteiger partial charge in [-0.05, 0) is 46.5 Å². The summed E-state index contributed by atoms with van der Waals surface area (Å²) in [5.74, 6) is -2.26. The van der Waals surface area contributed by atoms with Crippen molar-refractivity contribution in [1.82, 2.24) is 0 Å². The van der Waals surface area contributed by atoms with E-state index in [1.54, 1.807) is 24.3 Å². The highest BCUT2D eigenvalue weighted by atomic mass is 16.5. The van der Waals surface area contributed by atoms with Crippen LogP contribution in [0.15, 0.2) is 47.5 Å². The quantitative estimate of drug-likeness (QED) is 0.806. The second-order valence-corrected chi connectivity index (χ2v) is 6.30. The molecule has 0 aliphatic heterocycles. The van der Waals surface area contributed by atoms with Crippen LogP contribution in [-0.4, -0.2) is 36.4 Å². The summed E-state index contributed by atoms with van der Waals surface area (Å²) in [6.07, 6.45) is 0. The van der Waals surface area contributed by atoms with Gasteiger partial charge in [0, 0.05) is 11.8 Å². The van der Waals surface area contributed by atoms with Gasteiger partial charge in [-0.2, -0.15) is 0 Å². The van der Waals surface area contributed by atoms with E-state index in [0.29, 0.717) is 0 Å². The maximum atomic E-state index is 12.6. The average Bonchev–Trinajstić information content (AvgIpc) is 2.65. The molecular weight excluding hydrogens is 336 g/mol. The average molecular weight is 352 g/mol. The van der Waals surface area contributed by atoms with Crippen molar-refractivity contribution in [2.24, 2.45) is 0 Å². The van der Waals surface area contributed by atoms with E-state index in [1.165, 1.54) is 26.4 Å². The molecule has 6 heteroatoms. The Bertz CT molecular complexity index is 908. The Morgan fingerprint density at radius 3 is 1.46 bits per heavy atom. The lowest BCUT2D eigenvalue weighted by molar-refractivity contribution is -0.140. The molecule has 0 radical (unpaired) electrons. The van der Waals surface area contributed by atoms with Crippen LogP contribution in [0.25, 0.3) is 0 Å². The van der Waals surface area contributed by atoms with Crippen LogP contribution in [0, 0.1) is 0 Å². The smallest absolute Gasteiger partial charge is 0.335 e. The van der Waals surface area contributed by atoms with Gasteiger partial charge in [0.25, 0.3) is 0 Å². The van der Waals surface area contributed by atoms with Gasteiger partial charge in [-0.3, -0.25) is 0 Å². The molecular formula is C20H16O6. The van der Waals surface area contributed by atoms with Crippen molar-refractivity contribution < 1.29 is 29.3 Å². The maximum Gasteiger partial charge on any atom is 0.335 e. The highest BCUT2D eigenvalue weighted by Crippen LogP contribution is 2.57. The minimum Gasteiger partial charge on any atom is -0.508 e. The van der Waals surface area contributed by atoms with E-state index < -0.39 is 23.8 Å². The minimum absolute atomic E-state index is 0.0699. The van der Waals surface area contributed by atoms with Crippen LogP contribution in [-0.2, 0) is 19.1 Å². The molecule has 0 saturated carbocycles. The van der Waals surface area contributed by atoms with Gasteiger partial charge in [0.1, 0.15) is 11.5 Å². The lowest BCUT2D eigenvalue weighted by atomic mass is 9.61. The van der Waals surface area contributed by atoms with Crippen molar-refractivity contribution in [2.75, 3.05) is 14.2 Å². The monoisotopic (exact) mass is 352 g/mol. The third-order valence-electron chi connectivity index (χ3n) is 5.06. The van der Waals surface area contributed by atoms with E-state index >= 15 is 0 Å². The van der Waals surface area contributed by atoms with Crippen molar-refractivity contribution in [3.8, 4) is 11.5 Å². The fourth-order valence-electron chi connectivity index (χ4n) is 4.09. The van der Waals surface area contributed by atoms with Crippen molar-refractivity contribution in [3.63, 3.8) is 0 Å². The van der Waals surface area contributed by atoms with Gasteiger partial charge >= 0.3 is 11.9 Å². The summed E-state index contributed by atoms with van der Waals surface area (Å²) >= 11 is 0. The number of phenols is 2. The Morgan fingerprint density at radius 2 is 1.12 bits per heavy atom. The Balaban J connectivity index is 2.10. The number of benzene rings is 2. The second kappa shape index (κ2) is 5.62. The summed E-state index contributed by atoms with van der Waals surface area (Å²) in [4.78, 5) is 25.1. The number of hydrogen-bond acceptors (Lipinski definition) is 6. The highest BCUT2D eigenvalue weighted by molar-refractivity contribution is 6.06. The van der Waals surface area contributed by atoms with Crippen LogP contribution in [0.4, 0.5) is 0 Å². The van der Waals surface area contributed by atoms with Crippen LogP contribution in [0.1, 0.15) is 34.1 Å². The molecule has 2 aromatic rings. The molecule has 0 spiro atoms. The first kappa shape index (κ1) is 16.2. The Kier molecular flexibility index (Phi) is 3.50. The van der Waals surface area contributed by atoms with Crippen LogP contribution in [0.2, 0.25) is 0 Å². The van der Waals surface area contributed by atoms with Gasteiger partial charge in [0.15, 0.2) is 0 Å². The molecule has 26 heavy (non-hydrogen) atoms. The molecule has 5 rings (SSSR count). The second-order valence-electron chi connectivity index (χ2n) is 6.30. The predicted octanol–water partition coefficient (Wildman–Crippen LogP) is 2.33. The Labute approximate surface area is 149 Å². The normalized spacial score (nSPS) is 19.6.